The Morgan fingerprint density at radius 3 is 2.64 bits per heavy atom. The van der Waals surface area contributed by atoms with E-state index in [1.807, 2.05) is 48.5 Å². The van der Waals surface area contributed by atoms with E-state index in [0.29, 0.717) is 17.4 Å². The highest BCUT2D eigenvalue weighted by atomic mass is 35.5. The molecule has 0 bridgehead atoms. The molecule has 0 unspecified atom stereocenters. The minimum atomic E-state index is -0.0477. The van der Waals surface area contributed by atoms with Gasteiger partial charge in [0.2, 0.25) is 5.91 Å². The number of thioether (sulfide) groups is 1. The highest BCUT2D eigenvalue weighted by molar-refractivity contribution is 7.99. The molecule has 2 aromatic rings. The van der Waals surface area contributed by atoms with Crippen LogP contribution in [-0.4, -0.2) is 40.3 Å². The number of benzene rings is 1. The molecule has 0 aliphatic carbocycles. The molecule has 28 heavy (non-hydrogen) atoms. The summed E-state index contributed by atoms with van der Waals surface area (Å²) in [5.74, 6) is 2.71. The Balaban J connectivity index is 1.67. The van der Waals surface area contributed by atoms with Crippen LogP contribution in [0.3, 0.4) is 0 Å². The van der Waals surface area contributed by atoms with Gasteiger partial charge in [-0.2, -0.15) is 16.9 Å². The van der Waals surface area contributed by atoms with Crippen LogP contribution in [0.4, 0.5) is 11.4 Å². The molecule has 152 valence electrons. The second kappa shape index (κ2) is 9.23. The zero-order chi connectivity index (χ0) is 20.3. The molecule has 3 rings (SSSR count). The van der Waals surface area contributed by atoms with Gasteiger partial charge in [0.05, 0.1) is 22.8 Å². The lowest BCUT2D eigenvalue weighted by Gasteiger charge is -2.29. The van der Waals surface area contributed by atoms with Crippen molar-refractivity contribution in [2.75, 3.05) is 34.8 Å². The molecule has 1 aliphatic heterocycles. The fourth-order valence-corrected chi connectivity index (χ4v) is 4.73. The van der Waals surface area contributed by atoms with E-state index in [0.717, 1.165) is 59.5 Å². The number of nitrogens with one attached hydrogen (secondary N) is 1. The summed E-state index contributed by atoms with van der Waals surface area (Å²) in [7, 11) is 0. The van der Waals surface area contributed by atoms with Crippen LogP contribution < -0.4 is 10.2 Å². The van der Waals surface area contributed by atoms with Gasteiger partial charge < -0.3 is 10.2 Å². The number of carbonyl (C=O) groups excluding carboxylic acids is 1. The number of rotatable bonds is 6. The molecule has 2 heterocycles. The molecule has 7 heteroatoms. The Bertz CT molecular complexity index is 843. The first-order valence-corrected chi connectivity index (χ1v) is 11.3. The van der Waals surface area contributed by atoms with Gasteiger partial charge in [0, 0.05) is 48.1 Å². The molecule has 1 amide bonds. The van der Waals surface area contributed by atoms with Gasteiger partial charge in [-0.15, -0.1) is 0 Å². The van der Waals surface area contributed by atoms with Crippen molar-refractivity contribution in [3.8, 4) is 0 Å². The zero-order valence-corrected chi connectivity index (χ0v) is 18.7. The molecule has 5 nitrogen and oxygen atoms in total. The number of hydrogen-bond acceptors (Lipinski definition) is 4. The van der Waals surface area contributed by atoms with E-state index in [1.54, 1.807) is 0 Å². The summed E-state index contributed by atoms with van der Waals surface area (Å²) < 4.78 is 2.01. The standard InChI is InChI=1S/C21H29ClN4OS/c1-14(2)13-26-16(4)18(15(3)24-26)12-21(27)23-17-5-6-20(19(22)11-17)25-7-9-28-10-8-25/h5-6,11,14H,7-10,12-13H2,1-4H3,(H,23,27). The summed E-state index contributed by atoms with van der Waals surface area (Å²) >= 11 is 8.47. The predicted octanol–water partition coefficient (Wildman–Crippen LogP) is 4.54. The number of nitrogens with zero attached hydrogens (tertiary/aromatic N) is 3. The third-order valence-corrected chi connectivity index (χ3v) is 6.24. The summed E-state index contributed by atoms with van der Waals surface area (Å²) in [5, 5.41) is 8.26. The number of halogens is 1. The van der Waals surface area contributed by atoms with Gasteiger partial charge in [-0.1, -0.05) is 25.4 Å². The number of aryl methyl sites for hydroxylation is 1. The number of carbonyl (C=O) groups is 1. The van der Waals surface area contributed by atoms with Crippen molar-refractivity contribution in [2.24, 2.45) is 5.92 Å². The Kier molecular flexibility index (Phi) is 6.94. The van der Waals surface area contributed by atoms with Crippen molar-refractivity contribution in [3.05, 3.63) is 40.2 Å². The Hall–Kier alpha value is -1.66. The molecule has 0 saturated carbocycles. The number of anilines is 2. The summed E-state index contributed by atoms with van der Waals surface area (Å²) in [6.07, 6.45) is 0.318. The number of aromatic nitrogens is 2. The molecule has 1 saturated heterocycles. The van der Waals surface area contributed by atoms with Gasteiger partial charge in [0.15, 0.2) is 0 Å². The minimum absolute atomic E-state index is 0.0477. The monoisotopic (exact) mass is 420 g/mol. The third kappa shape index (κ3) is 5.03. The fraction of sp³-hybridized carbons (Fsp3) is 0.524. The van der Waals surface area contributed by atoms with E-state index in [1.165, 1.54) is 0 Å². The average molecular weight is 421 g/mol. The number of hydrogen-bond donors (Lipinski definition) is 1. The van der Waals surface area contributed by atoms with Crippen LogP contribution in [0.25, 0.3) is 0 Å². The lowest BCUT2D eigenvalue weighted by molar-refractivity contribution is -0.115. The lowest BCUT2D eigenvalue weighted by atomic mass is 10.1. The first kappa shape index (κ1) is 21.1. The highest BCUT2D eigenvalue weighted by Gasteiger charge is 2.17. The average Bonchev–Trinajstić information content (AvgIpc) is 2.89. The molecule has 0 atom stereocenters. The van der Waals surface area contributed by atoms with Crippen molar-refractivity contribution < 1.29 is 4.79 Å². The quantitative estimate of drug-likeness (QED) is 0.745. The van der Waals surface area contributed by atoms with Gasteiger partial charge >= 0.3 is 0 Å². The summed E-state index contributed by atoms with van der Waals surface area (Å²) in [5.41, 5.74) is 4.77. The summed E-state index contributed by atoms with van der Waals surface area (Å²) in [6, 6.07) is 5.78. The van der Waals surface area contributed by atoms with E-state index in [9.17, 15) is 4.79 Å². The highest BCUT2D eigenvalue weighted by Crippen LogP contribution is 2.30. The second-order valence-electron chi connectivity index (χ2n) is 7.72. The first-order chi connectivity index (χ1) is 13.3. The Labute approximate surface area is 176 Å². The summed E-state index contributed by atoms with van der Waals surface area (Å²) in [6.45, 7) is 11.2. The predicted molar refractivity (Wildman–Crippen MR) is 120 cm³/mol. The molecule has 1 aromatic heterocycles. The molecular weight excluding hydrogens is 392 g/mol. The van der Waals surface area contributed by atoms with Crippen LogP contribution in [0, 0.1) is 19.8 Å². The van der Waals surface area contributed by atoms with Crippen LogP contribution in [0.1, 0.15) is 30.8 Å². The van der Waals surface area contributed by atoms with Gasteiger partial charge in [-0.25, -0.2) is 0 Å². The Morgan fingerprint density at radius 2 is 2.00 bits per heavy atom. The van der Waals surface area contributed by atoms with Crippen molar-refractivity contribution >= 4 is 40.6 Å². The zero-order valence-electron chi connectivity index (χ0n) is 17.1. The van der Waals surface area contributed by atoms with Crippen LogP contribution in [0.2, 0.25) is 5.02 Å². The molecule has 0 radical (unpaired) electrons. The van der Waals surface area contributed by atoms with Gasteiger partial charge in [0.25, 0.3) is 0 Å². The molecular formula is C21H29ClN4OS. The van der Waals surface area contributed by atoms with Crippen molar-refractivity contribution in [1.29, 1.82) is 0 Å². The van der Waals surface area contributed by atoms with Gasteiger partial charge in [-0.05, 0) is 38.0 Å². The SMILES string of the molecule is Cc1nn(CC(C)C)c(C)c1CC(=O)Nc1ccc(N2CCSCC2)c(Cl)c1. The molecule has 1 aromatic carbocycles. The third-order valence-electron chi connectivity index (χ3n) is 4.99. The minimum Gasteiger partial charge on any atom is -0.369 e. The smallest absolute Gasteiger partial charge is 0.228 e. The molecule has 0 spiro atoms. The molecule has 1 N–H and O–H groups in total. The van der Waals surface area contributed by atoms with Crippen molar-refractivity contribution in [3.63, 3.8) is 0 Å². The molecule has 1 fully saturated rings. The maximum absolute atomic E-state index is 12.6. The van der Waals surface area contributed by atoms with E-state index in [2.05, 4.69) is 29.2 Å². The maximum Gasteiger partial charge on any atom is 0.228 e. The van der Waals surface area contributed by atoms with Gasteiger partial charge in [0.1, 0.15) is 0 Å². The second-order valence-corrected chi connectivity index (χ2v) is 9.35. The maximum atomic E-state index is 12.6. The largest absolute Gasteiger partial charge is 0.369 e. The fourth-order valence-electron chi connectivity index (χ4n) is 3.52. The van der Waals surface area contributed by atoms with Crippen LogP contribution in [0.15, 0.2) is 18.2 Å². The Morgan fingerprint density at radius 1 is 1.29 bits per heavy atom. The van der Waals surface area contributed by atoms with Crippen LogP contribution in [0.5, 0.6) is 0 Å². The number of amides is 1. The normalized spacial score (nSPS) is 14.6. The van der Waals surface area contributed by atoms with E-state index >= 15 is 0 Å². The van der Waals surface area contributed by atoms with Crippen LogP contribution in [-0.2, 0) is 17.8 Å². The van der Waals surface area contributed by atoms with Crippen molar-refractivity contribution in [1.82, 2.24) is 9.78 Å². The first-order valence-electron chi connectivity index (χ1n) is 9.80. The van der Waals surface area contributed by atoms with Crippen molar-refractivity contribution in [2.45, 2.75) is 40.7 Å². The topological polar surface area (TPSA) is 50.2 Å². The van der Waals surface area contributed by atoms with E-state index in [-0.39, 0.29) is 5.91 Å². The molecule has 1 aliphatic rings. The van der Waals surface area contributed by atoms with Gasteiger partial charge in [-0.3, -0.25) is 9.48 Å². The van der Waals surface area contributed by atoms with Crippen LogP contribution >= 0.6 is 23.4 Å². The summed E-state index contributed by atoms with van der Waals surface area (Å²) in [4.78, 5) is 14.9. The van der Waals surface area contributed by atoms with E-state index in [4.69, 9.17) is 11.6 Å². The van der Waals surface area contributed by atoms with E-state index < -0.39 is 0 Å². The lowest BCUT2D eigenvalue weighted by Crippen LogP contribution is -2.32.